The van der Waals surface area contributed by atoms with Crippen molar-refractivity contribution in [2.75, 3.05) is 39.8 Å². The van der Waals surface area contributed by atoms with Crippen molar-refractivity contribution in [3.8, 4) is 11.5 Å². The van der Waals surface area contributed by atoms with Crippen LogP contribution in [0.2, 0.25) is 0 Å². The fourth-order valence-corrected chi connectivity index (χ4v) is 2.59. The molecular formula is C15H19N3O4. The summed E-state index contributed by atoms with van der Waals surface area (Å²) in [5, 5.41) is 2.62. The van der Waals surface area contributed by atoms with Gasteiger partial charge in [0.15, 0.2) is 11.5 Å². The van der Waals surface area contributed by atoms with E-state index in [4.69, 9.17) is 9.47 Å². The van der Waals surface area contributed by atoms with Gasteiger partial charge in [-0.1, -0.05) is 12.1 Å². The summed E-state index contributed by atoms with van der Waals surface area (Å²) in [7, 11) is 1.83. The lowest BCUT2D eigenvalue weighted by Gasteiger charge is -2.29. The van der Waals surface area contributed by atoms with Crippen molar-refractivity contribution in [1.82, 2.24) is 15.1 Å². The molecule has 1 aromatic carbocycles. The third-order valence-electron chi connectivity index (χ3n) is 3.65. The first-order valence-corrected chi connectivity index (χ1v) is 7.28. The summed E-state index contributed by atoms with van der Waals surface area (Å²) in [5.74, 6) is 1.26. The number of nitrogens with zero attached hydrogens (tertiary/aromatic N) is 2. The van der Waals surface area contributed by atoms with Gasteiger partial charge in [0, 0.05) is 19.6 Å². The molecule has 1 atom stereocenters. The van der Waals surface area contributed by atoms with Crippen LogP contribution in [-0.4, -0.2) is 67.7 Å². The summed E-state index contributed by atoms with van der Waals surface area (Å²) in [5.41, 5.74) is 0. The molecule has 1 aromatic rings. The van der Waals surface area contributed by atoms with Crippen LogP contribution in [0, 0.1) is 0 Å². The molecule has 1 fully saturated rings. The fourth-order valence-electron chi connectivity index (χ4n) is 2.59. The van der Waals surface area contributed by atoms with Crippen LogP contribution in [0.5, 0.6) is 11.5 Å². The maximum absolute atomic E-state index is 12.1. The van der Waals surface area contributed by atoms with Crippen LogP contribution in [-0.2, 0) is 4.79 Å². The highest BCUT2D eigenvalue weighted by Crippen LogP contribution is 2.30. The summed E-state index contributed by atoms with van der Waals surface area (Å²) in [6, 6.07) is 7.20. The molecule has 1 saturated heterocycles. The Morgan fingerprint density at radius 1 is 1.41 bits per heavy atom. The number of urea groups is 1. The number of imide groups is 1. The Hall–Kier alpha value is -2.28. The molecule has 1 unspecified atom stereocenters. The molecule has 118 valence electrons. The zero-order valence-electron chi connectivity index (χ0n) is 12.4. The quantitative estimate of drug-likeness (QED) is 0.867. The van der Waals surface area contributed by atoms with Gasteiger partial charge in [0.2, 0.25) is 5.91 Å². The first-order valence-electron chi connectivity index (χ1n) is 7.28. The lowest BCUT2D eigenvalue weighted by atomic mass is 10.2. The predicted octanol–water partition coefficient (Wildman–Crippen LogP) is 0.310. The topological polar surface area (TPSA) is 71.1 Å². The summed E-state index contributed by atoms with van der Waals surface area (Å²) >= 11 is 0. The van der Waals surface area contributed by atoms with E-state index in [-0.39, 0.29) is 24.6 Å². The highest BCUT2D eigenvalue weighted by molar-refractivity contribution is 5.96. The number of carbonyl (C=O) groups is 2. The average molecular weight is 305 g/mol. The molecule has 2 heterocycles. The number of ether oxygens (including phenoxy) is 2. The van der Waals surface area contributed by atoms with Crippen molar-refractivity contribution in [2.45, 2.75) is 6.10 Å². The molecule has 0 bridgehead atoms. The fraction of sp³-hybridized carbons (Fsp3) is 0.467. The zero-order valence-corrected chi connectivity index (χ0v) is 12.4. The molecule has 22 heavy (non-hydrogen) atoms. The minimum Gasteiger partial charge on any atom is -0.486 e. The summed E-state index contributed by atoms with van der Waals surface area (Å²) in [6.45, 7) is 2.12. The highest BCUT2D eigenvalue weighted by Gasteiger charge is 2.28. The second-order valence-corrected chi connectivity index (χ2v) is 5.47. The molecule has 7 nitrogen and oxygen atoms in total. The van der Waals surface area contributed by atoms with Crippen LogP contribution >= 0.6 is 0 Å². The SMILES string of the molecule is CN(CC(=O)N1CCNC1=O)CC1COc2ccccc2O1. The molecule has 0 spiro atoms. The molecule has 1 N–H and O–H groups in total. The second kappa shape index (κ2) is 6.23. The minimum atomic E-state index is -0.315. The number of amides is 3. The molecular weight excluding hydrogens is 286 g/mol. The van der Waals surface area contributed by atoms with E-state index in [0.29, 0.717) is 26.2 Å². The van der Waals surface area contributed by atoms with Crippen LogP contribution in [0.4, 0.5) is 4.79 Å². The Balaban J connectivity index is 1.51. The van der Waals surface area contributed by atoms with Crippen molar-refractivity contribution >= 4 is 11.9 Å². The van der Waals surface area contributed by atoms with E-state index < -0.39 is 0 Å². The number of fused-ring (bicyclic) bond motifs is 1. The van der Waals surface area contributed by atoms with Gasteiger partial charge in [0.25, 0.3) is 0 Å². The maximum atomic E-state index is 12.1. The van der Waals surface area contributed by atoms with Gasteiger partial charge in [-0.2, -0.15) is 0 Å². The Morgan fingerprint density at radius 2 is 2.18 bits per heavy atom. The standard InChI is InChI=1S/C15H19N3O4/c1-17(9-14(19)18-7-6-16-15(18)20)8-11-10-21-12-4-2-3-5-13(12)22-11/h2-5,11H,6-10H2,1H3,(H,16,20). The van der Waals surface area contributed by atoms with E-state index in [0.717, 1.165) is 11.5 Å². The maximum Gasteiger partial charge on any atom is 0.324 e. The lowest BCUT2D eigenvalue weighted by Crippen LogP contribution is -2.45. The normalized spacial score (nSPS) is 20.2. The molecule has 7 heteroatoms. The van der Waals surface area contributed by atoms with E-state index >= 15 is 0 Å². The second-order valence-electron chi connectivity index (χ2n) is 5.47. The van der Waals surface area contributed by atoms with E-state index in [1.165, 1.54) is 4.90 Å². The Morgan fingerprint density at radius 3 is 2.91 bits per heavy atom. The van der Waals surface area contributed by atoms with Crippen LogP contribution in [0.1, 0.15) is 0 Å². The monoisotopic (exact) mass is 305 g/mol. The molecule has 0 aromatic heterocycles. The van der Waals surface area contributed by atoms with Gasteiger partial charge >= 0.3 is 6.03 Å². The van der Waals surface area contributed by atoms with E-state index in [1.54, 1.807) is 0 Å². The predicted molar refractivity (Wildman–Crippen MR) is 79.0 cm³/mol. The summed E-state index contributed by atoms with van der Waals surface area (Å²) in [6.07, 6.45) is -0.139. The number of carbonyl (C=O) groups excluding carboxylic acids is 2. The number of nitrogens with one attached hydrogen (secondary N) is 1. The third kappa shape index (κ3) is 3.14. The van der Waals surface area contributed by atoms with Crippen molar-refractivity contribution in [3.63, 3.8) is 0 Å². The summed E-state index contributed by atoms with van der Waals surface area (Å²) in [4.78, 5) is 26.6. The van der Waals surface area contributed by atoms with Gasteiger partial charge in [-0.25, -0.2) is 4.79 Å². The van der Waals surface area contributed by atoms with Crippen LogP contribution in [0.15, 0.2) is 24.3 Å². The molecule has 3 rings (SSSR count). The minimum absolute atomic E-state index is 0.139. The van der Waals surface area contributed by atoms with E-state index in [2.05, 4.69) is 5.32 Å². The molecule has 3 amide bonds. The molecule has 2 aliphatic rings. The third-order valence-corrected chi connectivity index (χ3v) is 3.65. The van der Waals surface area contributed by atoms with Gasteiger partial charge in [-0.05, 0) is 19.2 Å². The zero-order chi connectivity index (χ0) is 15.5. The van der Waals surface area contributed by atoms with Crippen LogP contribution < -0.4 is 14.8 Å². The smallest absolute Gasteiger partial charge is 0.324 e. The van der Waals surface area contributed by atoms with Gasteiger partial charge < -0.3 is 14.8 Å². The van der Waals surface area contributed by atoms with Crippen molar-refractivity contribution < 1.29 is 19.1 Å². The van der Waals surface area contributed by atoms with Crippen LogP contribution in [0.25, 0.3) is 0 Å². The van der Waals surface area contributed by atoms with Crippen molar-refractivity contribution in [1.29, 1.82) is 0 Å². The van der Waals surface area contributed by atoms with Gasteiger partial charge in [-0.3, -0.25) is 14.6 Å². The Kier molecular flexibility index (Phi) is 4.15. The first-order chi connectivity index (χ1) is 10.6. The molecule has 2 aliphatic heterocycles. The van der Waals surface area contributed by atoms with Gasteiger partial charge in [0.05, 0.1) is 6.54 Å². The van der Waals surface area contributed by atoms with Crippen molar-refractivity contribution in [2.24, 2.45) is 0 Å². The number of benzene rings is 1. The number of hydrogen-bond acceptors (Lipinski definition) is 5. The van der Waals surface area contributed by atoms with Crippen LogP contribution in [0.3, 0.4) is 0 Å². The lowest BCUT2D eigenvalue weighted by molar-refractivity contribution is -0.128. The average Bonchev–Trinajstić information content (AvgIpc) is 2.93. The Labute approximate surface area is 128 Å². The Bertz CT molecular complexity index is 578. The van der Waals surface area contributed by atoms with Crippen molar-refractivity contribution in [3.05, 3.63) is 24.3 Å². The molecule has 0 radical (unpaired) electrons. The van der Waals surface area contributed by atoms with E-state index in [9.17, 15) is 9.59 Å². The number of rotatable bonds is 4. The van der Waals surface area contributed by atoms with Gasteiger partial charge in [0.1, 0.15) is 12.7 Å². The number of hydrogen-bond donors (Lipinski definition) is 1. The van der Waals surface area contributed by atoms with Gasteiger partial charge in [-0.15, -0.1) is 0 Å². The highest BCUT2D eigenvalue weighted by atomic mass is 16.6. The van der Waals surface area contributed by atoms with E-state index in [1.807, 2.05) is 36.2 Å². The molecule has 0 saturated carbocycles. The number of para-hydroxylation sites is 2. The summed E-state index contributed by atoms with van der Waals surface area (Å²) < 4.78 is 11.5. The first kappa shape index (κ1) is 14.6. The number of likely N-dealkylation sites (N-methyl/N-ethyl adjacent to an activating group) is 1. The molecule has 0 aliphatic carbocycles. The largest absolute Gasteiger partial charge is 0.486 e.